The average molecular weight is 631 g/mol. The van der Waals surface area contributed by atoms with Crippen molar-refractivity contribution in [3.05, 3.63) is 47.5 Å². The number of hydrogen-bond donors (Lipinski definition) is 0. The molecular weight excluding hydrogens is 576 g/mol. The van der Waals surface area contributed by atoms with Crippen LogP contribution in [0.1, 0.15) is 144 Å². The van der Waals surface area contributed by atoms with Crippen LogP contribution < -0.4 is 23.7 Å². The SMILES string of the molecule is COc1cc(OC2CCCCC2)cc(/C=C/C(=O)c2cccc(OC3CCCCC3)c2OC2CCCCC2)c1OC1CCCCC1. The van der Waals surface area contributed by atoms with E-state index in [2.05, 4.69) is 0 Å². The van der Waals surface area contributed by atoms with Crippen molar-refractivity contribution in [1.82, 2.24) is 0 Å². The van der Waals surface area contributed by atoms with Crippen LogP contribution in [0, 0.1) is 0 Å². The van der Waals surface area contributed by atoms with E-state index in [1.807, 2.05) is 36.4 Å². The molecule has 0 bridgehead atoms. The molecule has 6 heteroatoms. The minimum Gasteiger partial charge on any atom is -0.493 e. The quantitative estimate of drug-likeness (QED) is 0.172. The van der Waals surface area contributed by atoms with Gasteiger partial charge in [-0.25, -0.2) is 0 Å². The van der Waals surface area contributed by atoms with Crippen molar-refractivity contribution in [3.8, 4) is 28.7 Å². The lowest BCUT2D eigenvalue weighted by Gasteiger charge is -2.28. The zero-order chi connectivity index (χ0) is 31.6. The molecule has 0 atom stereocenters. The summed E-state index contributed by atoms with van der Waals surface area (Å²) in [5, 5.41) is 0. The number of methoxy groups -OCH3 is 1. The summed E-state index contributed by atoms with van der Waals surface area (Å²) >= 11 is 0. The molecule has 6 rings (SSSR count). The van der Waals surface area contributed by atoms with Crippen LogP contribution in [0.15, 0.2) is 36.4 Å². The minimum absolute atomic E-state index is 0.105. The van der Waals surface area contributed by atoms with Gasteiger partial charge in [-0.1, -0.05) is 31.7 Å². The molecule has 46 heavy (non-hydrogen) atoms. The molecule has 0 aliphatic heterocycles. The molecule has 0 spiro atoms. The molecule has 0 amide bonds. The first-order valence-electron chi connectivity index (χ1n) is 18.4. The highest BCUT2D eigenvalue weighted by Gasteiger charge is 2.26. The van der Waals surface area contributed by atoms with Gasteiger partial charge in [0.25, 0.3) is 0 Å². The van der Waals surface area contributed by atoms with Gasteiger partial charge in [-0.15, -0.1) is 0 Å². The lowest BCUT2D eigenvalue weighted by atomic mass is 9.97. The van der Waals surface area contributed by atoms with Crippen LogP contribution in [-0.2, 0) is 0 Å². The maximum atomic E-state index is 14.1. The Hall–Kier alpha value is -3.15. The first-order chi connectivity index (χ1) is 22.7. The summed E-state index contributed by atoms with van der Waals surface area (Å²) in [4.78, 5) is 14.1. The zero-order valence-electron chi connectivity index (χ0n) is 27.9. The molecule has 0 saturated heterocycles. The van der Waals surface area contributed by atoms with Gasteiger partial charge in [0.05, 0.1) is 37.1 Å². The molecule has 4 saturated carbocycles. The zero-order valence-corrected chi connectivity index (χ0v) is 27.9. The second-order valence-corrected chi connectivity index (χ2v) is 13.9. The molecule has 4 aliphatic carbocycles. The van der Waals surface area contributed by atoms with Crippen LogP contribution in [0.25, 0.3) is 6.08 Å². The van der Waals surface area contributed by atoms with E-state index in [1.54, 1.807) is 13.2 Å². The Kier molecular flexibility index (Phi) is 11.8. The lowest BCUT2D eigenvalue weighted by molar-refractivity contribution is 0.101. The molecule has 4 fully saturated rings. The lowest BCUT2D eigenvalue weighted by Crippen LogP contribution is -2.23. The number of benzene rings is 2. The van der Waals surface area contributed by atoms with Crippen molar-refractivity contribution in [2.24, 2.45) is 0 Å². The summed E-state index contributed by atoms with van der Waals surface area (Å²) in [5.74, 6) is 3.28. The molecule has 250 valence electrons. The van der Waals surface area contributed by atoms with Crippen LogP contribution in [-0.4, -0.2) is 37.3 Å². The van der Waals surface area contributed by atoms with Gasteiger partial charge in [-0.05, 0) is 133 Å². The number of allylic oxidation sites excluding steroid dienone is 1. The molecular formula is C40H54O6. The number of rotatable bonds is 12. The standard InChI is InChI=1S/C40H54O6/c1-42-38-28-34(43-30-15-6-2-7-16-30)27-29(39(38)45-32-19-10-4-11-20-32)25-26-36(41)35-23-14-24-37(44-31-17-8-3-9-18-31)40(35)46-33-21-12-5-13-22-33/h14,23-28,30-33H,2-13,15-22H2,1H3/b26-25+. The van der Waals surface area contributed by atoms with Gasteiger partial charge in [0.15, 0.2) is 28.8 Å². The highest BCUT2D eigenvalue weighted by molar-refractivity contribution is 6.09. The predicted octanol–water partition coefficient (Wildman–Crippen LogP) is 10.4. The first-order valence-corrected chi connectivity index (χ1v) is 18.4. The molecule has 2 aromatic rings. The molecule has 0 unspecified atom stereocenters. The Balaban J connectivity index is 1.30. The summed E-state index contributed by atoms with van der Waals surface area (Å²) in [5.41, 5.74) is 1.35. The molecule has 0 N–H and O–H groups in total. The van der Waals surface area contributed by atoms with Crippen molar-refractivity contribution in [2.45, 2.75) is 153 Å². The van der Waals surface area contributed by atoms with Crippen molar-refractivity contribution in [3.63, 3.8) is 0 Å². The van der Waals surface area contributed by atoms with E-state index in [4.69, 9.17) is 23.7 Å². The van der Waals surface area contributed by atoms with E-state index in [-0.39, 0.29) is 30.2 Å². The fourth-order valence-corrected chi connectivity index (χ4v) is 7.68. The summed E-state index contributed by atoms with van der Waals surface area (Å²) in [6.45, 7) is 0. The summed E-state index contributed by atoms with van der Waals surface area (Å²) in [7, 11) is 1.68. The Labute approximate surface area is 276 Å². The van der Waals surface area contributed by atoms with E-state index in [9.17, 15) is 4.79 Å². The second-order valence-electron chi connectivity index (χ2n) is 13.9. The van der Waals surface area contributed by atoms with Gasteiger partial charge >= 0.3 is 0 Å². The number of carbonyl (C=O) groups is 1. The predicted molar refractivity (Wildman–Crippen MR) is 183 cm³/mol. The van der Waals surface area contributed by atoms with Crippen LogP contribution in [0.4, 0.5) is 0 Å². The van der Waals surface area contributed by atoms with E-state index >= 15 is 0 Å². The number of para-hydroxylation sites is 1. The third-order valence-electron chi connectivity index (χ3n) is 10.3. The molecule has 0 aromatic heterocycles. The summed E-state index contributed by atoms with van der Waals surface area (Å²) in [6.07, 6.45) is 26.9. The number of ether oxygens (including phenoxy) is 5. The van der Waals surface area contributed by atoms with E-state index < -0.39 is 0 Å². The largest absolute Gasteiger partial charge is 0.493 e. The highest BCUT2D eigenvalue weighted by atomic mass is 16.5. The van der Waals surface area contributed by atoms with Crippen LogP contribution in [0.2, 0.25) is 0 Å². The molecule has 0 heterocycles. The minimum atomic E-state index is -0.110. The third kappa shape index (κ3) is 8.80. The normalized spacial score (nSPS) is 20.8. The number of carbonyl (C=O) groups excluding carboxylic acids is 1. The highest BCUT2D eigenvalue weighted by Crippen LogP contribution is 2.41. The molecule has 6 nitrogen and oxygen atoms in total. The van der Waals surface area contributed by atoms with E-state index in [0.29, 0.717) is 28.6 Å². The maximum absolute atomic E-state index is 14.1. The molecule has 0 radical (unpaired) electrons. The summed E-state index contributed by atoms with van der Waals surface area (Å²) in [6, 6.07) is 9.74. The second kappa shape index (κ2) is 16.6. The van der Waals surface area contributed by atoms with Crippen molar-refractivity contribution in [2.75, 3.05) is 7.11 Å². The van der Waals surface area contributed by atoms with Crippen LogP contribution in [0.5, 0.6) is 28.7 Å². The van der Waals surface area contributed by atoms with Crippen LogP contribution in [0.3, 0.4) is 0 Å². The average Bonchev–Trinajstić information content (AvgIpc) is 3.10. The van der Waals surface area contributed by atoms with Crippen LogP contribution >= 0.6 is 0 Å². The van der Waals surface area contributed by atoms with Gasteiger partial charge in [0.1, 0.15) is 5.75 Å². The first kappa shape index (κ1) is 32.8. The topological polar surface area (TPSA) is 63.2 Å². The third-order valence-corrected chi connectivity index (χ3v) is 10.3. The Morgan fingerprint density at radius 1 is 0.587 bits per heavy atom. The van der Waals surface area contributed by atoms with Crippen molar-refractivity contribution < 1.29 is 28.5 Å². The molecule has 4 aliphatic rings. The monoisotopic (exact) mass is 630 g/mol. The fraction of sp³-hybridized carbons (Fsp3) is 0.625. The Morgan fingerprint density at radius 2 is 1.09 bits per heavy atom. The van der Waals surface area contributed by atoms with Crippen molar-refractivity contribution >= 4 is 11.9 Å². The Bertz CT molecular complexity index is 1290. The van der Waals surface area contributed by atoms with E-state index in [1.165, 1.54) is 64.2 Å². The molecule has 2 aromatic carbocycles. The number of ketones is 1. The van der Waals surface area contributed by atoms with Gasteiger partial charge in [0, 0.05) is 11.6 Å². The summed E-state index contributed by atoms with van der Waals surface area (Å²) < 4.78 is 32.2. The van der Waals surface area contributed by atoms with Gasteiger partial charge in [-0.3, -0.25) is 4.79 Å². The van der Waals surface area contributed by atoms with Gasteiger partial charge in [-0.2, -0.15) is 0 Å². The van der Waals surface area contributed by atoms with Gasteiger partial charge in [0.2, 0.25) is 0 Å². The fourth-order valence-electron chi connectivity index (χ4n) is 7.68. The van der Waals surface area contributed by atoms with Gasteiger partial charge < -0.3 is 23.7 Å². The maximum Gasteiger partial charge on any atom is 0.189 e. The Morgan fingerprint density at radius 3 is 1.63 bits per heavy atom. The smallest absolute Gasteiger partial charge is 0.189 e. The van der Waals surface area contributed by atoms with E-state index in [0.717, 1.165) is 75.5 Å². The van der Waals surface area contributed by atoms with Crippen molar-refractivity contribution in [1.29, 1.82) is 0 Å². The number of hydrogen-bond acceptors (Lipinski definition) is 6.